The van der Waals surface area contributed by atoms with E-state index in [0.717, 1.165) is 32.1 Å². The minimum absolute atomic E-state index is 0.0479. The van der Waals surface area contributed by atoms with E-state index in [0.29, 0.717) is 5.82 Å². The fraction of sp³-hybridized carbons (Fsp3) is 0.583. The van der Waals surface area contributed by atoms with Crippen molar-refractivity contribution in [2.75, 3.05) is 25.1 Å². The van der Waals surface area contributed by atoms with Crippen LogP contribution >= 0.6 is 0 Å². The molecule has 0 amide bonds. The van der Waals surface area contributed by atoms with Gasteiger partial charge < -0.3 is 15.2 Å². The summed E-state index contributed by atoms with van der Waals surface area (Å²) < 4.78 is 5.49. The van der Waals surface area contributed by atoms with Crippen LogP contribution in [0.1, 0.15) is 29.8 Å². The predicted octanol–water partition coefficient (Wildman–Crippen LogP) is 1.40. The first-order valence-corrected chi connectivity index (χ1v) is 6.12. The Bertz CT molecular complexity index is 390. The van der Waals surface area contributed by atoms with Gasteiger partial charge in [0.2, 0.25) is 0 Å². The van der Waals surface area contributed by atoms with E-state index in [1.165, 1.54) is 25.2 Å². The summed E-state index contributed by atoms with van der Waals surface area (Å²) in [6.45, 7) is 2.36. The Hall–Kier alpha value is -1.69. The molecule has 0 bridgehead atoms. The van der Waals surface area contributed by atoms with Crippen molar-refractivity contribution in [1.29, 1.82) is 0 Å². The van der Waals surface area contributed by atoms with E-state index in [1.54, 1.807) is 0 Å². The zero-order valence-electron chi connectivity index (χ0n) is 10.1. The molecule has 1 saturated carbocycles. The zero-order valence-corrected chi connectivity index (χ0v) is 10.1. The minimum Gasteiger partial charge on any atom is -0.476 e. The molecule has 1 fully saturated rings. The topological polar surface area (TPSA) is 84.3 Å². The second kappa shape index (κ2) is 6.30. The van der Waals surface area contributed by atoms with Crippen molar-refractivity contribution in [3.05, 3.63) is 18.1 Å². The molecule has 18 heavy (non-hydrogen) atoms. The van der Waals surface area contributed by atoms with Gasteiger partial charge in [-0.2, -0.15) is 0 Å². The Labute approximate surface area is 105 Å². The number of rotatable bonds is 8. The van der Waals surface area contributed by atoms with Crippen LogP contribution in [0.2, 0.25) is 0 Å². The molecule has 0 radical (unpaired) electrons. The largest absolute Gasteiger partial charge is 0.476 e. The Morgan fingerprint density at radius 1 is 1.44 bits per heavy atom. The Kier molecular flexibility index (Phi) is 4.46. The van der Waals surface area contributed by atoms with Gasteiger partial charge in [0, 0.05) is 19.8 Å². The summed E-state index contributed by atoms with van der Waals surface area (Å²) in [5.41, 5.74) is -0.0479. The lowest BCUT2D eigenvalue weighted by molar-refractivity contribution is 0.0690. The van der Waals surface area contributed by atoms with E-state index in [9.17, 15) is 4.79 Å². The number of hydrogen-bond acceptors (Lipinski definition) is 5. The molecule has 0 aliphatic heterocycles. The predicted molar refractivity (Wildman–Crippen MR) is 65.6 cm³/mol. The highest BCUT2D eigenvalue weighted by molar-refractivity contribution is 5.84. The third-order valence-corrected chi connectivity index (χ3v) is 2.69. The highest BCUT2D eigenvalue weighted by Gasteiger charge is 2.20. The summed E-state index contributed by atoms with van der Waals surface area (Å²) in [7, 11) is 0. The van der Waals surface area contributed by atoms with Crippen molar-refractivity contribution in [2.45, 2.75) is 19.3 Å². The van der Waals surface area contributed by atoms with Crippen LogP contribution in [0, 0.1) is 5.92 Å². The first-order valence-electron chi connectivity index (χ1n) is 6.12. The van der Waals surface area contributed by atoms with Gasteiger partial charge in [0.25, 0.3) is 0 Å². The lowest BCUT2D eigenvalue weighted by Gasteiger charge is -2.05. The Morgan fingerprint density at radius 2 is 2.28 bits per heavy atom. The second-order valence-electron chi connectivity index (χ2n) is 4.39. The number of hydrogen-bond donors (Lipinski definition) is 2. The molecule has 2 rings (SSSR count). The number of ether oxygens (including phenoxy) is 1. The van der Waals surface area contributed by atoms with Crippen LogP contribution < -0.4 is 5.32 Å². The number of carboxylic acid groups (broad SMARTS) is 1. The lowest BCUT2D eigenvalue weighted by Crippen LogP contribution is -2.09. The van der Waals surface area contributed by atoms with Gasteiger partial charge in [-0.3, -0.25) is 0 Å². The quantitative estimate of drug-likeness (QED) is 0.679. The van der Waals surface area contributed by atoms with E-state index >= 15 is 0 Å². The molecule has 0 saturated heterocycles. The first kappa shape index (κ1) is 12.8. The lowest BCUT2D eigenvalue weighted by atomic mass is 10.4. The average Bonchev–Trinajstić information content (AvgIpc) is 3.18. The number of aromatic carboxylic acids is 1. The van der Waals surface area contributed by atoms with E-state index in [1.807, 2.05) is 0 Å². The molecule has 98 valence electrons. The maximum absolute atomic E-state index is 10.6. The van der Waals surface area contributed by atoms with E-state index in [2.05, 4.69) is 15.3 Å². The van der Waals surface area contributed by atoms with Gasteiger partial charge in [-0.05, 0) is 25.2 Å². The number of nitrogens with one attached hydrogen (secondary N) is 1. The maximum Gasteiger partial charge on any atom is 0.356 e. The fourth-order valence-corrected chi connectivity index (χ4v) is 1.45. The molecule has 1 aliphatic carbocycles. The summed E-state index contributed by atoms with van der Waals surface area (Å²) in [5, 5.41) is 11.7. The molecular formula is C12H17N3O3. The van der Waals surface area contributed by atoms with Gasteiger partial charge in [0.1, 0.15) is 5.82 Å². The van der Waals surface area contributed by atoms with E-state index in [4.69, 9.17) is 9.84 Å². The van der Waals surface area contributed by atoms with Crippen molar-refractivity contribution in [3.63, 3.8) is 0 Å². The fourth-order valence-electron chi connectivity index (χ4n) is 1.45. The molecule has 1 aliphatic rings. The number of nitrogens with zero attached hydrogens (tertiary/aromatic N) is 2. The van der Waals surface area contributed by atoms with Crippen molar-refractivity contribution < 1.29 is 14.6 Å². The van der Waals surface area contributed by atoms with Crippen LogP contribution in [-0.2, 0) is 4.74 Å². The van der Waals surface area contributed by atoms with Gasteiger partial charge in [-0.1, -0.05) is 0 Å². The standard InChI is InChI=1S/C12H17N3O3/c16-12(17)10-6-15-11(7-14-10)13-4-1-5-18-8-9-2-3-9/h6-7,9H,1-5,8H2,(H,13,15)(H,16,17). The van der Waals surface area contributed by atoms with Gasteiger partial charge >= 0.3 is 5.97 Å². The van der Waals surface area contributed by atoms with E-state index < -0.39 is 5.97 Å². The monoisotopic (exact) mass is 251 g/mol. The van der Waals surface area contributed by atoms with Crippen molar-refractivity contribution in [3.8, 4) is 0 Å². The van der Waals surface area contributed by atoms with Crippen LogP contribution in [0.5, 0.6) is 0 Å². The molecule has 1 aromatic heterocycles. The Morgan fingerprint density at radius 3 is 2.89 bits per heavy atom. The minimum atomic E-state index is -1.07. The first-order chi connectivity index (χ1) is 8.75. The SMILES string of the molecule is O=C(O)c1cnc(NCCCOCC2CC2)cn1. The smallest absolute Gasteiger partial charge is 0.356 e. The summed E-state index contributed by atoms with van der Waals surface area (Å²) in [4.78, 5) is 18.3. The molecule has 0 unspecified atom stereocenters. The van der Waals surface area contributed by atoms with Crippen molar-refractivity contribution in [2.24, 2.45) is 5.92 Å². The molecular weight excluding hydrogens is 234 g/mol. The maximum atomic E-state index is 10.6. The molecule has 6 heteroatoms. The Balaban J connectivity index is 1.58. The summed E-state index contributed by atoms with van der Waals surface area (Å²) >= 11 is 0. The molecule has 1 heterocycles. The second-order valence-corrected chi connectivity index (χ2v) is 4.39. The zero-order chi connectivity index (χ0) is 12.8. The number of aromatic nitrogens is 2. The summed E-state index contributed by atoms with van der Waals surface area (Å²) in [6, 6.07) is 0. The van der Waals surface area contributed by atoms with Crippen LogP contribution in [0.3, 0.4) is 0 Å². The third kappa shape index (κ3) is 4.29. The number of anilines is 1. The normalized spacial score (nSPS) is 14.4. The van der Waals surface area contributed by atoms with Crippen molar-refractivity contribution >= 4 is 11.8 Å². The molecule has 0 aromatic carbocycles. The number of carboxylic acids is 1. The molecule has 6 nitrogen and oxygen atoms in total. The van der Waals surface area contributed by atoms with Gasteiger partial charge in [0.15, 0.2) is 5.69 Å². The van der Waals surface area contributed by atoms with Crippen molar-refractivity contribution in [1.82, 2.24) is 9.97 Å². The number of carbonyl (C=O) groups is 1. The highest BCUT2D eigenvalue weighted by Crippen LogP contribution is 2.28. The average molecular weight is 251 g/mol. The third-order valence-electron chi connectivity index (χ3n) is 2.69. The van der Waals surface area contributed by atoms with E-state index in [-0.39, 0.29) is 5.69 Å². The molecule has 0 atom stereocenters. The van der Waals surface area contributed by atoms with Crippen LogP contribution in [0.4, 0.5) is 5.82 Å². The van der Waals surface area contributed by atoms with Gasteiger partial charge in [-0.25, -0.2) is 14.8 Å². The van der Waals surface area contributed by atoms with Crippen LogP contribution in [0.15, 0.2) is 12.4 Å². The summed E-state index contributed by atoms with van der Waals surface area (Å²) in [6.07, 6.45) is 6.19. The molecule has 1 aromatic rings. The molecule has 2 N–H and O–H groups in total. The van der Waals surface area contributed by atoms with Crippen LogP contribution in [-0.4, -0.2) is 40.8 Å². The summed E-state index contributed by atoms with van der Waals surface area (Å²) in [5.74, 6) is 0.317. The highest BCUT2D eigenvalue weighted by atomic mass is 16.5. The van der Waals surface area contributed by atoms with Gasteiger partial charge in [0.05, 0.1) is 12.4 Å². The van der Waals surface area contributed by atoms with Gasteiger partial charge in [-0.15, -0.1) is 0 Å². The molecule has 0 spiro atoms. The van der Waals surface area contributed by atoms with Crippen LogP contribution in [0.25, 0.3) is 0 Å².